The Morgan fingerprint density at radius 2 is 2.24 bits per heavy atom. The second-order valence-electron chi connectivity index (χ2n) is 5.82. The third-order valence-electron chi connectivity index (χ3n) is 4.16. The smallest absolute Gasteiger partial charge is 0.146 e. The predicted octanol–water partition coefficient (Wildman–Crippen LogP) is 3.11. The zero-order valence-electron chi connectivity index (χ0n) is 13.1. The van der Waals surface area contributed by atoms with Gasteiger partial charge in [-0.05, 0) is 50.3 Å². The van der Waals surface area contributed by atoms with E-state index in [1.807, 2.05) is 19.1 Å². The summed E-state index contributed by atoms with van der Waals surface area (Å²) in [5, 5.41) is 0. The molecule has 0 radical (unpaired) electrons. The zero-order chi connectivity index (χ0) is 15.2. The van der Waals surface area contributed by atoms with Crippen LogP contribution in [0.4, 0.5) is 10.1 Å². The molecule has 0 spiro atoms. The first-order valence-electron chi connectivity index (χ1n) is 8.04. The van der Waals surface area contributed by atoms with Crippen molar-refractivity contribution in [2.45, 2.75) is 51.7 Å². The van der Waals surface area contributed by atoms with E-state index in [2.05, 4.69) is 11.8 Å². The minimum atomic E-state index is -0.145. The van der Waals surface area contributed by atoms with E-state index in [4.69, 9.17) is 10.5 Å². The fourth-order valence-electron chi connectivity index (χ4n) is 2.91. The van der Waals surface area contributed by atoms with Gasteiger partial charge in [-0.15, -0.1) is 0 Å². The molecule has 0 amide bonds. The van der Waals surface area contributed by atoms with Crippen molar-refractivity contribution < 1.29 is 9.13 Å². The molecule has 2 rings (SSSR count). The number of nitrogens with two attached hydrogens (primary N) is 1. The van der Waals surface area contributed by atoms with Crippen LogP contribution in [0.5, 0.6) is 0 Å². The van der Waals surface area contributed by atoms with E-state index in [0.717, 1.165) is 50.9 Å². The summed E-state index contributed by atoms with van der Waals surface area (Å²) >= 11 is 0. The second kappa shape index (κ2) is 7.76. The normalized spacial score (nSPS) is 20.6. The van der Waals surface area contributed by atoms with Crippen LogP contribution in [0.3, 0.4) is 0 Å². The second-order valence-corrected chi connectivity index (χ2v) is 5.82. The molecule has 1 saturated heterocycles. The van der Waals surface area contributed by atoms with Gasteiger partial charge in [-0.3, -0.25) is 0 Å². The number of ether oxygens (including phenoxy) is 1. The number of piperidine rings is 1. The van der Waals surface area contributed by atoms with Crippen LogP contribution in [-0.4, -0.2) is 31.8 Å². The van der Waals surface area contributed by atoms with Crippen molar-refractivity contribution in [2.75, 3.05) is 24.6 Å². The van der Waals surface area contributed by atoms with Crippen LogP contribution in [-0.2, 0) is 11.2 Å². The number of nitrogens with zero attached hydrogens (tertiary/aromatic N) is 1. The lowest BCUT2D eigenvalue weighted by Gasteiger charge is -2.34. The van der Waals surface area contributed by atoms with Crippen molar-refractivity contribution in [2.24, 2.45) is 5.73 Å². The minimum absolute atomic E-state index is 0.104. The number of halogens is 1. The van der Waals surface area contributed by atoms with E-state index < -0.39 is 0 Å². The van der Waals surface area contributed by atoms with Crippen molar-refractivity contribution in [3.8, 4) is 0 Å². The van der Waals surface area contributed by atoms with Crippen LogP contribution in [0.1, 0.15) is 38.7 Å². The van der Waals surface area contributed by atoms with Crippen LogP contribution in [0, 0.1) is 5.82 Å². The molecule has 0 bridgehead atoms. The molecular formula is C17H27FN2O. The molecule has 4 heteroatoms. The average molecular weight is 294 g/mol. The number of benzene rings is 1. The molecule has 0 saturated carbocycles. The Balaban J connectivity index is 2.06. The van der Waals surface area contributed by atoms with Gasteiger partial charge >= 0.3 is 0 Å². The van der Waals surface area contributed by atoms with Crippen LogP contribution < -0.4 is 10.6 Å². The Labute approximate surface area is 127 Å². The molecule has 118 valence electrons. The number of rotatable bonds is 6. The van der Waals surface area contributed by atoms with Gasteiger partial charge in [0.15, 0.2) is 0 Å². The fraction of sp³-hybridized carbons (Fsp3) is 0.647. The maximum atomic E-state index is 14.4. The lowest BCUT2D eigenvalue weighted by molar-refractivity contribution is 0.0525. The standard InChI is InChI=1S/C17H27FN2O/c1-3-14(19)10-13-7-8-17(16(18)11-13)20-9-5-6-15(12-20)21-4-2/h7-8,11,14-15H,3-6,9-10,12,19H2,1-2H3. The Morgan fingerprint density at radius 1 is 1.43 bits per heavy atom. The van der Waals surface area contributed by atoms with Crippen LogP contribution in [0.15, 0.2) is 18.2 Å². The first-order valence-corrected chi connectivity index (χ1v) is 8.04. The van der Waals surface area contributed by atoms with Crippen molar-refractivity contribution in [1.82, 2.24) is 0 Å². The monoisotopic (exact) mass is 294 g/mol. The lowest BCUT2D eigenvalue weighted by Crippen LogP contribution is -2.40. The molecule has 2 N–H and O–H groups in total. The maximum Gasteiger partial charge on any atom is 0.146 e. The van der Waals surface area contributed by atoms with Gasteiger partial charge in [-0.25, -0.2) is 4.39 Å². The van der Waals surface area contributed by atoms with Gasteiger partial charge < -0.3 is 15.4 Å². The van der Waals surface area contributed by atoms with E-state index in [9.17, 15) is 4.39 Å². The molecule has 0 aliphatic carbocycles. The summed E-state index contributed by atoms with van der Waals surface area (Å²) in [6.07, 6.45) is 3.97. The van der Waals surface area contributed by atoms with E-state index in [0.29, 0.717) is 5.69 Å². The van der Waals surface area contributed by atoms with Crippen molar-refractivity contribution >= 4 is 5.69 Å². The van der Waals surface area contributed by atoms with Gasteiger partial charge in [0, 0.05) is 25.7 Å². The molecule has 2 unspecified atom stereocenters. The number of anilines is 1. The van der Waals surface area contributed by atoms with Gasteiger partial charge in [0.05, 0.1) is 11.8 Å². The van der Waals surface area contributed by atoms with Crippen molar-refractivity contribution in [3.05, 3.63) is 29.6 Å². The number of hydrogen-bond acceptors (Lipinski definition) is 3. The van der Waals surface area contributed by atoms with Gasteiger partial charge in [0.1, 0.15) is 5.82 Å². The molecule has 1 fully saturated rings. The highest BCUT2D eigenvalue weighted by molar-refractivity contribution is 5.49. The zero-order valence-corrected chi connectivity index (χ0v) is 13.1. The Kier molecular flexibility index (Phi) is 6.00. The molecule has 1 aliphatic rings. The van der Waals surface area contributed by atoms with Gasteiger partial charge in [-0.1, -0.05) is 13.0 Å². The summed E-state index contributed by atoms with van der Waals surface area (Å²) < 4.78 is 20.1. The summed E-state index contributed by atoms with van der Waals surface area (Å²) in [5.74, 6) is -0.145. The van der Waals surface area contributed by atoms with Gasteiger partial charge in [0.2, 0.25) is 0 Å². The topological polar surface area (TPSA) is 38.5 Å². The van der Waals surface area contributed by atoms with E-state index in [-0.39, 0.29) is 18.0 Å². The quantitative estimate of drug-likeness (QED) is 0.876. The molecule has 1 aromatic carbocycles. The third kappa shape index (κ3) is 4.42. The summed E-state index contributed by atoms with van der Waals surface area (Å²) in [7, 11) is 0. The molecule has 1 aromatic rings. The van der Waals surface area contributed by atoms with Crippen molar-refractivity contribution in [1.29, 1.82) is 0 Å². The molecule has 1 heterocycles. The van der Waals surface area contributed by atoms with Crippen molar-refractivity contribution in [3.63, 3.8) is 0 Å². The Bertz CT molecular complexity index is 450. The first kappa shape index (κ1) is 16.2. The van der Waals surface area contributed by atoms with Crippen LogP contribution in [0.25, 0.3) is 0 Å². The molecular weight excluding hydrogens is 267 g/mol. The highest BCUT2D eigenvalue weighted by atomic mass is 19.1. The first-order chi connectivity index (χ1) is 10.1. The van der Waals surface area contributed by atoms with Crippen LogP contribution in [0.2, 0.25) is 0 Å². The summed E-state index contributed by atoms with van der Waals surface area (Å²) in [5.41, 5.74) is 7.60. The highest BCUT2D eigenvalue weighted by Crippen LogP contribution is 2.25. The maximum absolute atomic E-state index is 14.4. The average Bonchev–Trinajstić information content (AvgIpc) is 2.48. The third-order valence-corrected chi connectivity index (χ3v) is 4.16. The van der Waals surface area contributed by atoms with E-state index in [1.165, 1.54) is 0 Å². The Hall–Kier alpha value is -1.13. The predicted molar refractivity (Wildman–Crippen MR) is 85.2 cm³/mol. The molecule has 21 heavy (non-hydrogen) atoms. The molecule has 0 aromatic heterocycles. The lowest BCUT2D eigenvalue weighted by atomic mass is 10.0. The Morgan fingerprint density at radius 3 is 2.90 bits per heavy atom. The largest absolute Gasteiger partial charge is 0.377 e. The highest BCUT2D eigenvalue weighted by Gasteiger charge is 2.22. The fourth-order valence-corrected chi connectivity index (χ4v) is 2.91. The van der Waals surface area contributed by atoms with E-state index >= 15 is 0 Å². The summed E-state index contributed by atoms with van der Waals surface area (Å²) in [6, 6.07) is 5.63. The summed E-state index contributed by atoms with van der Waals surface area (Å²) in [4.78, 5) is 2.10. The van der Waals surface area contributed by atoms with Crippen LogP contribution >= 0.6 is 0 Å². The van der Waals surface area contributed by atoms with Gasteiger partial charge in [-0.2, -0.15) is 0 Å². The summed E-state index contributed by atoms with van der Waals surface area (Å²) in [6.45, 7) is 6.45. The van der Waals surface area contributed by atoms with E-state index in [1.54, 1.807) is 6.07 Å². The molecule has 2 atom stereocenters. The number of hydrogen-bond donors (Lipinski definition) is 1. The molecule has 3 nitrogen and oxygen atoms in total. The molecule has 1 aliphatic heterocycles. The minimum Gasteiger partial charge on any atom is -0.377 e. The van der Waals surface area contributed by atoms with Gasteiger partial charge in [0.25, 0.3) is 0 Å². The SMILES string of the molecule is CCOC1CCCN(c2ccc(CC(N)CC)cc2F)C1.